The van der Waals surface area contributed by atoms with Gasteiger partial charge in [-0.1, -0.05) is 6.92 Å². The first-order valence-corrected chi connectivity index (χ1v) is 6.53. The van der Waals surface area contributed by atoms with Crippen molar-refractivity contribution in [2.45, 2.75) is 33.1 Å². The molecule has 1 radical (unpaired) electrons. The van der Waals surface area contributed by atoms with Crippen molar-refractivity contribution in [1.82, 2.24) is 10.0 Å². The molecule has 1 aliphatic rings. The molecule has 0 saturated carbocycles. The number of carbonyl (C=O) groups is 3. The fourth-order valence-corrected chi connectivity index (χ4v) is 1.80. The van der Waals surface area contributed by atoms with Gasteiger partial charge in [-0.15, -0.1) is 0 Å². The second kappa shape index (κ2) is 7.09. The van der Waals surface area contributed by atoms with Gasteiger partial charge in [-0.05, 0) is 13.8 Å². The summed E-state index contributed by atoms with van der Waals surface area (Å²) < 4.78 is 10.4. The van der Waals surface area contributed by atoms with Gasteiger partial charge in [0, 0.05) is 31.8 Å². The minimum atomic E-state index is -2.27. The highest BCUT2D eigenvalue weighted by atomic mass is 16.7. The summed E-state index contributed by atoms with van der Waals surface area (Å²) in [5.41, 5.74) is 0. The normalized spacial score (nSPS) is 14.7. The molecule has 115 valence electrons. The molecule has 0 aromatic carbocycles. The van der Waals surface area contributed by atoms with Crippen molar-refractivity contribution in [1.29, 1.82) is 0 Å². The molecule has 21 heavy (non-hydrogen) atoms. The maximum absolute atomic E-state index is 12.2. The molecule has 1 aliphatic heterocycles. The molecular weight excluding hydrogens is 280 g/mol. The predicted molar refractivity (Wildman–Crippen MR) is 69.8 cm³/mol. The summed E-state index contributed by atoms with van der Waals surface area (Å²) in [6, 6.07) is 0. The van der Waals surface area contributed by atoms with E-state index in [-0.39, 0.29) is 19.6 Å². The van der Waals surface area contributed by atoms with Gasteiger partial charge < -0.3 is 9.47 Å². The summed E-state index contributed by atoms with van der Waals surface area (Å²) in [4.78, 5) is 47.2. The Balaban J connectivity index is 3.33. The lowest BCUT2D eigenvalue weighted by molar-refractivity contribution is -0.297. The summed E-state index contributed by atoms with van der Waals surface area (Å²) in [6.07, 6.45) is 3.40. The van der Waals surface area contributed by atoms with E-state index >= 15 is 0 Å². The number of hydrogen-bond acceptors (Lipinski definition) is 6. The van der Waals surface area contributed by atoms with E-state index in [2.05, 4.69) is 0 Å². The fourth-order valence-electron chi connectivity index (χ4n) is 1.80. The van der Waals surface area contributed by atoms with Gasteiger partial charge in [0.05, 0.1) is 0 Å². The monoisotopic (exact) mass is 297 g/mol. The number of amides is 3. The Bertz CT molecular complexity index is 449. The second-order valence-corrected chi connectivity index (χ2v) is 3.93. The lowest BCUT2D eigenvalue weighted by atomic mass is 10.3. The molecule has 8 nitrogen and oxygen atoms in total. The van der Waals surface area contributed by atoms with Gasteiger partial charge in [0.25, 0.3) is 18.1 Å². The highest BCUT2D eigenvalue weighted by molar-refractivity contribution is 6.13. The number of carbonyl (C=O) groups excluding carboxylic acids is 4. The minimum absolute atomic E-state index is 0.00633. The Hall–Kier alpha value is -2.06. The molecule has 0 bridgehead atoms. The van der Waals surface area contributed by atoms with Crippen LogP contribution in [0.25, 0.3) is 0 Å². The van der Waals surface area contributed by atoms with Crippen LogP contribution in [-0.4, -0.2) is 53.2 Å². The van der Waals surface area contributed by atoms with E-state index < -0.39 is 23.6 Å². The Kier molecular flexibility index (Phi) is 5.74. The largest absolute Gasteiger partial charge is 0.343 e. The second-order valence-electron chi connectivity index (χ2n) is 3.93. The van der Waals surface area contributed by atoms with Crippen LogP contribution in [-0.2, 0) is 28.7 Å². The van der Waals surface area contributed by atoms with Crippen molar-refractivity contribution in [2.75, 3.05) is 13.2 Å². The molecule has 0 unspecified atom stereocenters. The first kappa shape index (κ1) is 17.0. The van der Waals surface area contributed by atoms with E-state index in [1.165, 1.54) is 13.2 Å². The van der Waals surface area contributed by atoms with Gasteiger partial charge in [-0.25, -0.2) is 0 Å². The fraction of sp³-hybridized carbons (Fsp3) is 0.538. The topological polar surface area (TPSA) is 93.2 Å². The van der Waals surface area contributed by atoms with Crippen LogP contribution in [0.4, 0.5) is 0 Å². The third kappa shape index (κ3) is 3.17. The molecule has 3 amide bonds. The molecule has 0 spiro atoms. The summed E-state index contributed by atoms with van der Waals surface area (Å²) >= 11 is 0. The van der Waals surface area contributed by atoms with Crippen molar-refractivity contribution in [2.24, 2.45) is 0 Å². The predicted octanol–water partition coefficient (Wildman–Crippen LogP) is -0.0985. The zero-order valence-corrected chi connectivity index (χ0v) is 12.1. The van der Waals surface area contributed by atoms with Crippen molar-refractivity contribution in [3.05, 3.63) is 12.2 Å². The van der Waals surface area contributed by atoms with Crippen molar-refractivity contribution < 1.29 is 28.7 Å². The molecule has 0 N–H and O–H groups in total. The number of hydrazine groups is 1. The third-order valence-corrected chi connectivity index (χ3v) is 2.61. The zero-order valence-electron chi connectivity index (χ0n) is 12.1. The molecule has 1 rings (SSSR count). The standard InChI is InChI=1S/C13H17N2O6/c1-4-10(17)15(14-11(18)7-8-12(14)19)13(9-16,20-5-2)21-6-3/h7-8H,4-6H2,1-3H3. The summed E-state index contributed by atoms with van der Waals surface area (Å²) in [5, 5.41) is 1.10. The number of rotatable bonds is 8. The van der Waals surface area contributed by atoms with Crippen molar-refractivity contribution in [3.8, 4) is 0 Å². The van der Waals surface area contributed by atoms with E-state index in [0.717, 1.165) is 12.2 Å². The molecule has 0 atom stereocenters. The SMILES string of the molecule is CCOC([C]=O)(OCC)N(C(=O)CC)N1C(=O)C=CC1=O. The number of imide groups is 1. The quantitative estimate of drug-likeness (QED) is 0.459. The van der Waals surface area contributed by atoms with Gasteiger partial charge >= 0.3 is 5.91 Å². The number of ether oxygens (including phenoxy) is 2. The Morgan fingerprint density at radius 2 is 1.67 bits per heavy atom. The lowest BCUT2D eigenvalue weighted by Gasteiger charge is -2.40. The van der Waals surface area contributed by atoms with Crippen LogP contribution in [0.15, 0.2) is 12.2 Å². The Morgan fingerprint density at radius 3 is 2.00 bits per heavy atom. The van der Waals surface area contributed by atoms with E-state index in [9.17, 15) is 19.2 Å². The zero-order chi connectivity index (χ0) is 16.0. The smallest absolute Gasteiger partial charge is 0.325 e. The average molecular weight is 297 g/mol. The van der Waals surface area contributed by atoms with Gasteiger partial charge in [0.15, 0.2) is 0 Å². The average Bonchev–Trinajstić information content (AvgIpc) is 2.79. The first-order chi connectivity index (χ1) is 9.97. The van der Waals surface area contributed by atoms with Crippen molar-refractivity contribution >= 4 is 24.0 Å². The molecular formula is C13H17N2O6. The van der Waals surface area contributed by atoms with Crippen LogP contribution in [0.5, 0.6) is 0 Å². The lowest BCUT2D eigenvalue weighted by Crippen LogP contribution is -2.65. The van der Waals surface area contributed by atoms with Crippen LogP contribution in [0.1, 0.15) is 27.2 Å². The summed E-state index contributed by atoms with van der Waals surface area (Å²) in [5.74, 6) is -4.49. The number of nitrogens with zero attached hydrogens (tertiary/aromatic N) is 2. The molecule has 0 aromatic rings. The highest BCUT2D eigenvalue weighted by Crippen LogP contribution is 2.24. The summed E-state index contributed by atoms with van der Waals surface area (Å²) in [6.45, 7) is 4.68. The minimum Gasteiger partial charge on any atom is -0.325 e. The van der Waals surface area contributed by atoms with Crippen LogP contribution in [0.2, 0.25) is 0 Å². The Labute approximate surface area is 122 Å². The van der Waals surface area contributed by atoms with Crippen LogP contribution >= 0.6 is 0 Å². The van der Waals surface area contributed by atoms with E-state index in [1.54, 1.807) is 13.8 Å². The number of hydrogen-bond donors (Lipinski definition) is 0. The molecule has 0 aromatic heterocycles. The third-order valence-electron chi connectivity index (χ3n) is 2.61. The van der Waals surface area contributed by atoms with Crippen LogP contribution < -0.4 is 0 Å². The van der Waals surface area contributed by atoms with E-state index in [0.29, 0.717) is 10.0 Å². The maximum atomic E-state index is 12.2. The van der Waals surface area contributed by atoms with Gasteiger partial charge in [0.2, 0.25) is 5.91 Å². The molecule has 1 heterocycles. The first-order valence-electron chi connectivity index (χ1n) is 6.53. The van der Waals surface area contributed by atoms with E-state index in [4.69, 9.17) is 9.47 Å². The molecule has 0 fully saturated rings. The molecule has 8 heteroatoms. The summed E-state index contributed by atoms with van der Waals surface area (Å²) in [7, 11) is 0. The van der Waals surface area contributed by atoms with Crippen molar-refractivity contribution in [3.63, 3.8) is 0 Å². The van der Waals surface area contributed by atoms with Gasteiger partial charge in [-0.2, -0.15) is 10.0 Å². The molecule has 0 saturated heterocycles. The Morgan fingerprint density at radius 1 is 1.19 bits per heavy atom. The van der Waals surface area contributed by atoms with Crippen LogP contribution in [0.3, 0.4) is 0 Å². The maximum Gasteiger partial charge on any atom is 0.343 e. The van der Waals surface area contributed by atoms with Gasteiger partial charge in [0.1, 0.15) is 0 Å². The van der Waals surface area contributed by atoms with Gasteiger partial charge in [-0.3, -0.25) is 19.2 Å². The van der Waals surface area contributed by atoms with Crippen LogP contribution in [0, 0.1) is 0 Å². The highest BCUT2D eigenvalue weighted by Gasteiger charge is 2.50. The molecule has 0 aliphatic carbocycles. The van der Waals surface area contributed by atoms with E-state index in [1.807, 2.05) is 0 Å².